The lowest BCUT2D eigenvalue weighted by Gasteiger charge is -2.13. The molecule has 0 aliphatic heterocycles. The average Bonchev–Trinajstić information content (AvgIpc) is 3.64. The van der Waals surface area contributed by atoms with Gasteiger partial charge in [0, 0.05) is 32.8 Å². The Kier molecular flexibility index (Phi) is 7.14. The fraction of sp³-hybridized carbons (Fsp3) is 0. The summed E-state index contributed by atoms with van der Waals surface area (Å²) in [5, 5.41) is 9.14. The van der Waals surface area contributed by atoms with Crippen LogP contribution in [0.2, 0.25) is 0 Å². The van der Waals surface area contributed by atoms with Crippen LogP contribution in [-0.4, -0.2) is 15.0 Å². The molecule has 9 aromatic carbocycles. The fourth-order valence-corrected chi connectivity index (χ4v) is 7.94. The predicted octanol–water partition coefficient (Wildman–Crippen LogP) is 13.6. The highest BCUT2D eigenvalue weighted by Gasteiger charge is 2.17. The summed E-state index contributed by atoms with van der Waals surface area (Å²) in [6, 6.07) is 65.9. The highest BCUT2D eigenvalue weighted by atomic mass is 16.3. The molecule has 0 aliphatic rings. The zero-order valence-corrected chi connectivity index (χ0v) is 29.6. The van der Waals surface area contributed by atoms with Crippen molar-refractivity contribution in [2.24, 2.45) is 0 Å². The summed E-state index contributed by atoms with van der Waals surface area (Å²) in [6.07, 6.45) is 0. The van der Waals surface area contributed by atoms with Crippen molar-refractivity contribution in [3.05, 3.63) is 188 Å². The third kappa shape index (κ3) is 5.43. The first-order valence-electron chi connectivity index (χ1n) is 18.5. The van der Waals surface area contributed by atoms with Gasteiger partial charge in [-0.1, -0.05) is 152 Å². The van der Waals surface area contributed by atoms with Gasteiger partial charge in [-0.25, -0.2) is 15.0 Å². The Labute approximate surface area is 317 Å². The van der Waals surface area contributed by atoms with Crippen molar-refractivity contribution < 1.29 is 4.42 Å². The van der Waals surface area contributed by atoms with Gasteiger partial charge in [0.15, 0.2) is 17.5 Å². The van der Waals surface area contributed by atoms with Gasteiger partial charge >= 0.3 is 0 Å². The van der Waals surface area contributed by atoms with Gasteiger partial charge in [0.25, 0.3) is 0 Å². The van der Waals surface area contributed by atoms with E-state index in [0.29, 0.717) is 17.5 Å². The Bertz CT molecular complexity index is 3270. The molecule has 4 nitrogen and oxygen atoms in total. The zero-order valence-electron chi connectivity index (χ0n) is 29.6. The van der Waals surface area contributed by atoms with Crippen LogP contribution < -0.4 is 0 Å². The smallest absolute Gasteiger partial charge is 0.164 e. The second-order valence-electron chi connectivity index (χ2n) is 14.0. The molecule has 55 heavy (non-hydrogen) atoms. The number of benzene rings is 9. The maximum atomic E-state index is 6.31. The van der Waals surface area contributed by atoms with Crippen LogP contribution in [0, 0.1) is 0 Å². The van der Waals surface area contributed by atoms with E-state index in [1.165, 1.54) is 27.3 Å². The molecule has 0 fully saturated rings. The fourth-order valence-electron chi connectivity index (χ4n) is 7.94. The maximum Gasteiger partial charge on any atom is 0.164 e. The Morgan fingerprint density at radius 2 is 0.855 bits per heavy atom. The largest absolute Gasteiger partial charge is 0.456 e. The van der Waals surface area contributed by atoms with Crippen LogP contribution in [0.15, 0.2) is 192 Å². The number of hydrogen-bond donors (Lipinski definition) is 0. The Morgan fingerprint density at radius 1 is 0.291 bits per heavy atom. The van der Waals surface area contributed by atoms with Gasteiger partial charge in [-0.2, -0.15) is 0 Å². The normalized spacial score (nSPS) is 11.6. The van der Waals surface area contributed by atoms with Gasteiger partial charge in [0.1, 0.15) is 11.2 Å². The summed E-state index contributed by atoms with van der Waals surface area (Å²) in [7, 11) is 0. The number of aromatic nitrogens is 3. The van der Waals surface area contributed by atoms with Crippen molar-refractivity contribution in [3.63, 3.8) is 0 Å². The van der Waals surface area contributed by atoms with E-state index < -0.39 is 0 Å². The molecule has 0 saturated heterocycles. The van der Waals surface area contributed by atoms with Crippen molar-refractivity contribution >= 4 is 54.3 Å². The minimum atomic E-state index is 0.587. The Balaban J connectivity index is 1.09. The minimum absolute atomic E-state index is 0.587. The third-order valence-corrected chi connectivity index (χ3v) is 10.7. The first-order chi connectivity index (χ1) is 27.2. The molecule has 0 saturated carbocycles. The number of hydrogen-bond acceptors (Lipinski definition) is 4. The molecule has 11 rings (SSSR count). The molecule has 0 radical (unpaired) electrons. The summed E-state index contributed by atoms with van der Waals surface area (Å²) in [5.41, 5.74) is 9.02. The molecule has 2 heterocycles. The van der Waals surface area contributed by atoms with Crippen LogP contribution in [0.4, 0.5) is 0 Å². The molecule has 0 spiro atoms. The zero-order chi connectivity index (χ0) is 36.3. The van der Waals surface area contributed by atoms with Crippen LogP contribution in [0.25, 0.3) is 111 Å². The molecule has 0 atom stereocenters. The summed E-state index contributed by atoms with van der Waals surface area (Å²) in [4.78, 5) is 15.6. The lowest BCUT2D eigenvalue weighted by Crippen LogP contribution is -2.01. The van der Waals surface area contributed by atoms with Crippen LogP contribution in [0.5, 0.6) is 0 Å². The van der Waals surface area contributed by atoms with Gasteiger partial charge in [-0.3, -0.25) is 0 Å². The lowest BCUT2D eigenvalue weighted by atomic mass is 9.96. The Hall–Kier alpha value is -7.43. The van der Waals surface area contributed by atoms with Crippen LogP contribution in [0.3, 0.4) is 0 Å². The topological polar surface area (TPSA) is 51.8 Å². The standard InChI is InChI=1S/C51H31N3O/c1-2-10-32(11-3-1)37-24-20-33-21-25-38(30-41(33)29-37)36-14-8-15-39(28-36)49-52-50(40-26-27-44-43-17-6-7-19-46(43)55-47(44)31-40)54-51(53-49)45-18-9-13-35-23-22-34-12-4-5-16-42(34)48(35)45/h1-31H. The Morgan fingerprint density at radius 3 is 1.71 bits per heavy atom. The van der Waals surface area contributed by atoms with Crippen molar-refractivity contribution in [1.82, 2.24) is 15.0 Å². The summed E-state index contributed by atoms with van der Waals surface area (Å²) < 4.78 is 6.31. The summed E-state index contributed by atoms with van der Waals surface area (Å²) >= 11 is 0. The molecule has 0 aliphatic carbocycles. The van der Waals surface area contributed by atoms with Gasteiger partial charge in [-0.05, 0) is 85.6 Å². The van der Waals surface area contributed by atoms with E-state index in [4.69, 9.17) is 19.4 Å². The molecular weight excluding hydrogens is 671 g/mol. The second-order valence-corrected chi connectivity index (χ2v) is 14.0. The number of fused-ring (bicyclic) bond motifs is 7. The van der Waals surface area contributed by atoms with Crippen molar-refractivity contribution in [1.29, 1.82) is 0 Å². The monoisotopic (exact) mass is 701 g/mol. The van der Waals surface area contributed by atoms with Gasteiger partial charge < -0.3 is 4.42 Å². The first-order valence-corrected chi connectivity index (χ1v) is 18.5. The lowest BCUT2D eigenvalue weighted by molar-refractivity contribution is 0.669. The van der Waals surface area contributed by atoms with E-state index in [0.717, 1.165) is 65.9 Å². The van der Waals surface area contributed by atoms with Gasteiger partial charge in [-0.15, -0.1) is 0 Å². The van der Waals surface area contributed by atoms with E-state index in [1.807, 2.05) is 24.3 Å². The first kappa shape index (κ1) is 31.1. The van der Waals surface area contributed by atoms with E-state index >= 15 is 0 Å². The highest BCUT2D eigenvalue weighted by molar-refractivity contribution is 6.14. The maximum absolute atomic E-state index is 6.31. The average molecular weight is 702 g/mol. The van der Waals surface area contributed by atoms with E-state index in [1.54, 1.807) is 0 Å². The van der Waals surface area contributed by atoms with Crippen LogP contribution >= 0.6 is 0 Å². The van der Waals surface area contributed by atoms with Crippen molar-refractivity contribution in [2.45, 2.75) is 0 Å². The molecule has 2 aromatic heterocycles. The predicted molar refractivity (Wildman–Crippen MR) is 227 cm³/mol. The van der Waals surface area contributed by atoms with Gasteiger partial charge in [0.05, 0.1) is 0 Å². The number of nitrogens with zero attached hydrogens (tertiary/aromatic N) is 3. The van der Waals surface area contributed by atoms with E-state index in [-0.39, 0.29) is 0 Å². The number of furan rings is 1. The number of para-hydroxylation sites is 1. The number of rotatable bonds is 5. The third-order valence-electron chi connectivity index (χ3n) is 10.7. The molecule has 256 valence electrons. The molecule has 0 N–H and O–H groups in total. The minimum Gasteiger partial charge on any atom is -0.456 e. The molecule has 11 aromatic rings. The second kappa shape index (κ2) is 12.6. The summed E-state index contributed by atoms with van der Waals surface area (Å²) in [5.74, 6) is 1.82. The molecular formula is C51H31N3O. The van der Waals surface area contributed by atoms with Crippen molar-refractivity contribution in [2.75, 3.05) is 0 Å². The quantitative estimate of drug-likeness (QED) is 0.168. The van der Waals surface area contributed by atoms with Gasteiger partial charge in [0.2, 0.25) is 0 Å². The van der Waals surface area contributed by atoms with Crippen LogP contribution in [-0.2, 0) is 0 Å². The molecule has 0 unspecified atom stereocenters. The summed E-state index contributed by atoms with van der Waals surface area (Å²) in [6.45, 7) is 0. The van der Waals surface area contributed by atoms with Crippen LogP contribution in [0.1, 0.15) is 0 Å². The molecule has 0 amide bonds. The molecule has 0 bridgehead atoms. The SMILES string of the molecule is c1ccc(-c2ccc3ccc(-c4cccc(-c5nc(-c6ccc7c(c6)oc6ccccc67)nc(-c6cccc7ccc8ccccc8c67)n5)c4)cc3c2)cc1. The van der Waals surface area contributed by atoms with E-state index in [2.05, 4.69) is 164 Å². The highest BCUT2D eigenvalue weighted by Crippen LogP contribution is 2.37. The van der Waals surface area contributed by atoms with Crippen molar-refractivity contribution in [3.8, 4) is 56.4 Å². The van der Waals surface area contributed by atoms with E-state index in [9.17, 15) is 0 Å². The molecule has 4 heteroatoms.